The average molecular weight is 381 g/mol. The van der Waals surface area contributed by atoms with E-state index in [1.807, 2.05) is 35.7 Å². The molecule has 0 unspecified atom stereocenters. The molecule has 2 saturated heterocycles. The first-order valence-corrected chi connectivity index (χ1v) is 10.8. The molecule has 1 aromatic carbocycles. The zero-order chi connectivity index (χ0) is 17.6. The topological polar surface area (TPSA) is 72.6 Å². The zero-order valence-corrected chi connectivity index (χ0v) is 15.8. The number of piperidine rings is 1. The molecule has 2 aliphatic heterocycles. The van der Waals surface area contributed by atoms with E-state index >= 15 is 0 Å². The predicted octanol–water partition coefficient (Wildman–Crippen LogP) is 2.66. The Bertz CT molecular complexity index is 595. The van der Waals surface area contributed by atoms with Crippen molar-refractivity contribution in [1.82, 2.24) is 4.90 Å². The summed E-state index contributed by atoms with van der Waals surface area (Å²) in [6.07, 6.45) is 2.57. The molecule has 7 heteroatoms. The second kappa shape index (κ2) is 8.85. The number of thioether (sulfide) groups is 2. The highest BCUT2D eigenvalue weighted by molar-refractivity contribution is 8.16. The normalized spacial score (nSPS) is 19.6. The van der Waals surface area contributed by atoms with Gasteiger partial charge in [0.1, 0.15) is 5.75 Å². The summed E-state index contributed by atoms with van der Waals surface area (Å²) in [4.78, 5) is 25.2. The Morgan fingerprint density at radius 3 is 2.36 bits per heavy atom. The number of carbonyl (C=O) groups is 2. The summed E-state index contributed by atoms with van der Waals surface area (Å²) in [5, 5.41) is 0. The van der Waals surface area contributed by atoms with Gasteiger partial charge < -0.3 is 15.4 Å². The van der Waals surface area contributed by atoms with Crippen molar-refractivity contribution < 1.29 is 14.3 Å². The molecule has 2 amide bonds. The van der Waals surface area contributed by atoms with E-state index in [0.29, 0.717) is 30.5 Å². The molecule has 2 heterocycles. The number of nitrogens with zero attached hydrogens (tertiary/aromatic N) is 1. The van der Waals surface area contributed by atoms with E-state index < -0.39 is 0 Å². The van der Waals surface area contributed by atoms with Crippen LogP contribution in [0.15, 0.2) is 24.3 Å². The Hall–Kier alpha value is -1.34. The van der Waals surface area contributed by atoms with Crippen molar-refractivity contribution in [1.29, 1.82) is 0 Å². The van der Waals surface area contributed by atoms with Crippen LogP contribution in [0.4, 0.5) is 0 Å². The van der Waals surface area contributed by atoms with Gasteiger partial charge in [0.15, 0.2) is 6.61 Å². The fourth-order valence-electron chi connectivity index (χ4n) is 3.05. The van der Waals surface area contributed by atoms with Gasteiger partial charge in [0.25, 0.3) is 5.91 Å². The molecular weight excluding hydrogens is 356 g/mol. The monoisotopic (exact) mass is 380 g/mol. The maximum absolute atomic E-state index is 12.2. The first-order valence-electron chi connectivity index (χ1n) is 8.66. The number of primary amides is 1. The third-order valence-electron chi connectivity index (χ3n) is 4.59. The number of benzene rings is 1. The summed E-state index contributed by atoms with van der Waals surface area (Å²) in [5.41, 5.74) is 6.63. The molecule has 0 bridgehead atoms. The summed E-state index contributed by atoms with van der Waals surface area (Å²) in [6, 6.07) is 8.07. The molecule has 2 N–H and O–H groups in total. The van der Waals surface area contributed by atoms with E-state index in [1.165, 1.54) is 23.5 Å². The lowest BCUT2D eigenvalue weighted by atomic mass is 9.96. The van der Waals surface area contributed by atoms with Crippen LogP contribution in [0.25, 0.3) is 0 Å². The first kappa shape index (κ1) is 18.5. The third-order valence-corrected chi connectivity index (χ3v) is 7.61. The van der Waals surface area contributed by atoms with Gasteiger partial charge in [-0.15, -0.1) is 23.5 Å². The molecule has 25 heavy (non-hydrogen) atoms. The number of ether oxygens (including phenoxy) is 1. The van der Waals surface area contributed by atoms with E-state index in [1.54, 1.807) is 4.90 Å². The van der Waals surface area contributed by atoms with Crippen molar-refractivity contribution in [3.05, 3.63) is 29.8 Å². The molecule has 0 atom stereocenters. The number of hydrogen-bond acceptors (Lipinski definition) is 5. The van der Waals surface area contributed by atoms with Crippen molar-refractivity contribution in [3.8, 4) is 5.75 Å². The largest absolute Gasteiger partial charge is 0.484 e. The lowest BCUT2D eigenvalue weighted by molar-refractivity contribution is -0.136. The van der Waals surface area contributed by atoms with Crippen LogP contribution in [0.5, 0.6) is 5.75 Å². The Balaban J connectivity index is 1.45. The van der Waals surface area contributed by atoms with Crippen LogP contribution in [0, 0.1) is 5.92 Å². The summed E-state index contributed by atoms with van der Waals surface area (Å²) in [7, 11) is 0. The maximum Gasteiger partial charge on any atom is 0.260 e. The lowest BCUT2D eigenvalue weighted by Crippen LogP contribution is -2.43. The first-order chi connectivity index (χ1) is 12.1. The molecular formula is C18H24N2O3S2. The predicted molar refractivity (Wildman–Crippen MR) is 103 cm³/mol. The molecule has 5 nitrogen and oxygen atoms in total. The molecule has 3 rings (SSSR count). The summed E-state index contributed by atoms with van der Waals surface area (Å²) in [5.74, 6) is 2.75. The summed E-state index contributed by atoms with van der Waals surface area (Å²) >= 11 is 3.98. The van der Waals surface area contributed by atoms with E-state index in [0.717, 1.165) is 5.75 Å². The van der Waals surface area contributed by atoms with Crippen molar-refractivity contribution in [2.24, 2.45) is 11.7 Å². The van der Waals surface area contributed by atoms with Crippen LogP contribution in [0.3, 0.4) is 0 Å². The quantitative estimate of drug-likeness (QED) is 0.850. The molecule has 1 aromatic rings. The van der Waals surface area contributed by atoms with Crippen molar-refractivity contribution in [2.45, 2.75) is 23.8 Å². The second-order valence-electron chi connectivity index (χ2n) is 6.34. The number of rotatable bonds is 5. The fourth-order valence-corrected chi connectivity index (χ4v) is 5.95. The highest BCUT2D eigenvalue weighted by Crippen LogP contribution is 2.43. The highest BCUT2D eigenvalue weighted by atomic mass is 32.2. The van der Waals surface area contributed by atoms with E-state index in [4.69, 9.17) is 10.5 Å². The van der Waals surface area contributed by atoms with Gasteiger partial charge in [-0.2, -0.15) is 0 Å². The number of nitrogens with two attached hydrogens (primary N) is 1. The third kappa shape index (κ3) is 5.07. The second-order valence-corrected chi connectivity index (χ2v) is 9.07. The van der Waals surface area contributed by atoms with E-state index in [2.05, 4.69) is 12.1 Å². The van der Waals surface area contributed by atoms with Gasteiger partial charge in [-0.1, -0.05) is 12.1 Å². The molecule has 0 aromatic heterocycles. The van der Waals surface area contributed by atoms with Crippen molar-refractivity contribution in [2.75, 3.05) is 31.2 Å². The van der Waals surface area contributed by atoms with Gasteiger partial charge in [-0.05, 0) is 48.5 Å². The highest BCUT2D eigenvalue weighted by Gasteiger charge is 2.26. The van der Waals surface area contributed by atoms with Gasteiger partial charge in [0.05, 0.1) is 4.58 Å². The van der Waals surface area contributed by atoms with E-state index in [9.17, 15) is 9.59 Å². The lowest BCUT2D eigenvalue weighted by Gasteiger charge is -2.30. The van der Waals surface area contributed by atoms with Crippen LogP contribution in [-0.2, 0) is 9.59 Å². The van der Waals surface area contributed by atoms with Crippen LogP contribution < -0.4 is 10.5 Å². The van der Waals surface area contributed by atoms with Crippen LogP contribution in [0.1, 0.15) is 29.4 Å². The Kier molecular flexibility index (Phi) is 6.53. The Morgan fingerprint density at radius 1 is 1.12 bits per heavy atom. The number of amides is 2. The van der Waals surface area contributed by atoms with Gasteiger partial charge >= 0.3 is 0 Å². The molecule has 2 aliphatic rings. The zero-order valence-electron chi connectivity index (χ0n) is 14.2. The summed E-state index contributed by atoms with van der Waals surface area (Å²) in [6.45, 7) is 1.18. The molecule has 2 fully saturated rings. The SMILES string of the molecule is NC(=O)C1CCN(C(=O)COc2ccc(C3SCCCS3)cc2)CC1. The fraction of sp³-hybridized carbons (Fsp3) is 0.556. The molecule has 0 radical (unpaired) electrons. The molecule has 0 aliphatic carbocycles. The summed E-state index contributed by atoms with van der Waals surface area (Å²) < 4.78 is 6.15. The Labute approximate surface area is 157 Å². The van der Waals surface area contributed by atoms with Crippen LogP contribution >= 0.6 is 23.5 Å². The van der Waals surface area contributed by atoms with Crippen molar-refractivity contribution in [3.63, 3.8) is 0 Å². The Morgan fingerprint density at radius 2 is 1.76 bits per heavy atom. The molecule has 0 spiro atoms. The minimum Gasteiger partial charge on any atom is -0.484 e. The number of carbonyl (C=O) groups excluding carboxylic acids is 2. The van der Waals surface area contributed by atoms with Crippen LogP contribution in [-0.4, -0.2) is 47.9 Å². The minimum absolute atomic E-state index is 0.0352. The van der Waals surface area contributed by atoms with Crippen molar-refractivity contribution >= 4 is 35.3 Å². The molecule has 136 valence electrons. The maximum atomic E-state index is 12.2. The standard InChI is InChI=1S/C18H24N2O3S2/c19-17(22)13-6-8-20(9-7-13)16(21)12-23-15-4-2-14(3-5-15)18-24-10-1-11-25-18/h2-5,13,18H,1,6-12H2,(H2,19,22). The van der Waals surface area contributed by atoms with Crippen LogP contribution in [0.2, 0.25) is 0 Å². The average Bonchev–Trinajstić information content (AvgIpc) is 2.67. The number of likely N-dealkylation sites (tertiary alicyclic amines) is 1. The van der Waals surface area contributed by atoms with Gasteiger partial charge in [-0.25, -0.2) is 0 Å². The van der Waals surface area contributed by atoms with E-state index in [-0.39, 0.29) is 24.3 Å². The minimum atomic E-state index is -0.266. The van der Waals surface area contributed by atoms with Gasteiger partial charge in [0, 0.05) is 19.0 Å². The van der Waals surface area contributed by atoms with Gasteiger partial charge in [0.2, 0.25) is 5.91 Å². The number of hydrogen-bond donors (Lipinski definition) is 1. The molecule has 0 saturated carbocycles. The smallest absolute Gasteiger partial charge is 0.260 e. The van der Waals surface area contributed by atoms with Gasteiger partial charge in [-0.3, -0.25) is 9.59 Å².